The van der Waals surface area contributed by atoms with Gasteiger partial charge in [0.2, 0.25) is 5.91 Å². The van der Waals surface area contributed by atoms with Crippen molar-refractivity contribution in [2.45, 2.75) is 5.22 Å². The van der Waals surface area contributed by atoms with E-state index in [1.165, 1.54) is 11.8 Å². The first-order chi connectivity index (χ1) is 11.6. The van der Waals surface area contributed by atoms with Crippen LogP contribution in [0.15, 0.2) is 68.8 Å². The van der Waals surface area contributed by atoms with Crippen LogP contribution in [0.25, 0.3) is 11.3 Å². The number of nitrogens with zero attached hydrogens (tertiary/aromatic N) is 1. The zero-order valence-electron chi connectivity index (χ0n) is 12.3. The molecule has 24 heavy (non-hydrogen) atoms. The highest BCUT2D eigenvalue weighted by atomic mass is 79.9. The van der Waals surface area contributed by atoms with Crippen LogP contribution in [0.5, 0.6) is 0 Å². The minimum Gasteiger partial charge on any atom is -0.431 e. The number of rotatable bonds is 5. The number of benzene rings is 2. The van der Waals surface area contributed by atoms with Gasteiger partial charge in [-0.25, -0.2) is 4.98 Å². The largest absolute Gasteiger partial charge is 0.431 e. The molecule has 0 aliphatic carbocycles. The minimum absolute atomic E-state index is 0.149. The van der Waals surface area contributed by atoms with E-state index in [0.717, 1.165) is 10.0 Å². The van der Waals surface area contributed by atoms with Gasteiger partial charge in [0.1, 0.15) is 0 Å². The number of anilines is 1. The van der Waals surface area contributed by atoms with E-state index in [2.05, 4.69) is 26.2 Å². The highest BCUT2D eigenvalue weighted by molar-refractivity contribution is 9.10. The van der Waals surface area contributed by atoms with Crippen LogP contribution >= 0.6 is 39.3 Å². The number of carbonyl (C=O) groups is 1. The first-order valence-electron chi connectivity index (χ1n) is 7.00. The molecule has 1 heterocycles. The number of carbonyl (C=O) groups excluding carboxylic acids is 1. The van der Waals surface area contributed by atoms with Crippen molar-refractivity contribution in [1.82, 2.24) is 4.98 Å². The standard InChI is InChI=1S/C17H12BrClN2O2S/c18-12-4-1-3-11(7-12)15-9-20-17(23-15)24-10-16(22)21-14-6-2-5-13(19)8-14/h1-9H,10H2,(H,21,22). The zero-order valence-corrected chi connectivity index (χ0v) is 15.5. The van der Waals surface area contributed by atoms with Gasteiger partial charge in [0.15, 0.2) is 5.76 Å². The quantitative estimate of drug-likeness (QED) is 0.551. The van der Waals surface area contributed by atoms with Crippen molar-refractivity contribution in [1.29, 1.82) is 0 Å². The van der Waals surface area contributed by atoms with Gasteiger partial charge in [0, 0.05) is 20.7 Å². The van der Waals surface area contributed by atoms with Gasteiger partial charge in [-0.15, -0.1) is 0 Å². The van der Waals surface area contributed by atoms with Gasteiger partial charge in [-0.05, 0) is 30.3 Å². The molecule has 0 spiro atoms. The third kappa shape index (κ3) is 4.63. The monoisotopic (exact) mass is 422 g/mol. The maximum atomic E-state index is 12.0. The van der Waals surface area contributed by atoms with Crippen LogP contribution in [0, 0.1) is 0 Å². The number of hydrogen-bond acceptors (Lipinski definition) is 4. The van der Waals surface area contributed by atoms with Crippen LogP contribution < -0.4 is 5.32 Å². The Hall–Kier alpha value is -1.76. The number of oxazole rings is 1. The van der Waals surface area contributed by atoms with E-state index in [1.54, 1.807) is 30.5 Å². The van der Waals surface area contributed by atoms with Crippen molar-refractivity contribution in [2.24, 2.45) is 0 Å². The Kier molecular flexibility index (Phi) is 5.60. The molecule has 7 heteroatoms. The molecule has 0 unspecified atom stereocenters. The highest BCUT2D eigenvalue weighted by Gasteiger charge is 2.10. The van der Waals surface area contributed by atoms with Crippen molar-refractivity contribution in [3.63, 3.8) is 0 Å². The Morgan fingerprint density at radius 1 is 1.25 bits per heavy atom. The Morgan fingerprint density at radius 3 is 2.88 bits per heavy atom. The summed E-state index contributed by atoms with van der Waals surface area (Å²) in [6.45, 7) is 0. The summed E-state index contributed by atoms with van der Waals surface area (Å²) in [6.07, 6.45) is 1.65. The van der Waals surface area contributed by atoms with E-state index in [9.17, 15) is 4.79 Å². The van der Waals surface area contributed by atoms with Crippen LogP contribution in [0.3, 0.4) is 0 Å². The summed E-state index contributed by atoms with van der Waals surface area (Å²) in [6, 6.07) is 14.8. The first-order valence-corrected chi connectivity index (χ1v) is 9.16. The minimum atomic E-state index is -0.149. The molecule has 0 atom stereocenters. The summed E-state index contributed by atoms with van der Waals surface area (Å²) in [4.78, 5) is 16.2. The molecule has 1 N–H and O–H groups in total. The summed E-state index contributed by atoms with van der Waals surface area (Å²) in [5.41, 5.74) is 1.59. The van der Waals surface area contributed by atoms with Gasteiger partial charge < -0.3 is 9.73 Å². The van der Waals surface area contributed by atoms with Crippen molar-refractivity contribution in [3.05, 3.63) is 64.2 Å². The van der Waals surface area contributed by atoms with Crippen LogP contribution in [0.4, 0.5) is 5.69 Å². The number of hydrogen-bond donors (Lipinski definition) is 1. The molecule has 2 aromatic carbocycles. The average Bonchev–Trinajstić information content (AvgIpc) is 3.02. The summed E-state index contributed by atoms with van der Waals surface area (Å²) < 4.78 is 6.64. The number of halogens is 2. The van der Waals surface area contributed by atoms with Gasteiger partial charge in [0.25, 0.3) is 5.22 Å². The van der Waals surface area contributed by atoms with Crippen molar-refractivity contribution < 1.29 is 9.21 Å². The van der Waals surface area contributed by atoms with Gasteiger partial charge >= 0.3 is 0 Å². The topological polar surface area (TPSA) is 55.1 Å². The van der Waals surface area contributed by atoms with Crippen molar-refractivity contribution in [2.75, 3.05) is 11.1 Å². The summed E-state index contributed by atoms with van der Waals surface area (Å²) in [7, 11) is 0. The summed E-state index contributed by atoms with van der Waals surface area (Å²) in [5, 5.41) is 3.81. The van der Waals surface area contributed by atoms with Crippen LogP contribution in [-0.4, -0.2) is 16.6 Å². The lowest BCUT2D eigenvalue weighted by Crippen LogP contribution is -2.13. The molecule has 0 bridgehead atoms. The number of nitrogens with one attached hydrogen (secondary N) is 1. The maximum Gasteiger partial charge on any atom is 0.256 e. The molecule has 4 nitrogen and oxygen atoms in total. The van der Waals surface area contributed by atoms with Gasteiger partial charge in [0.05, 0.1) is 11.9 Å². The maximum absolute atomic E-state index is 12.0. The van der Waals surface area contributed by atoms with Crippen molar-refractivity contribution in [3.8, 4) is 11.3 Å². The molecule has 0 fully saturated rings. The van der Waals surface area contributed by atoms with Gasteiger partial charge in [-0.1, -0.05) is 57.5 Å². The second-order valence-corrected chi connectivity index (χ2v) is 7.13. The predicted molar refractivity (Wildman–Crippen MR) is 100 cm³/mol. The molecule has 0 saturated carbocycles. The fourth-order valence-corrected chi connectivity index (χ4v) is 3.18. The number of aromatic nitrogens is 1. The van der Waals surface area contributed by atoms with E-state index in [4.69, 9.17) is 16.0 Å². The highest BCUT2D eigenvalue weighted by Crippen LogP contribution is 2.27. The lowest BCUT2D eigenvalue weighted by Gasteiger charge is -2.04. The zero-order chi connectivity index (χ0) is 16.9. The molecule has 3 rings (SSSR count). The van der Waals surface area contributed by atoms with Crippen LogP contribution in [-0.2, 0) is 4.79 Å². The van der Waals surface area contributed by atoms with E-state index in [1.807, 2.05) is 24.3 Å². The molecule has 0 saturated heterocycles. The fourth-order valence-electron chi connectivity index (χ4n) is 1.99. The Balaban J connectivity index is 1.58. The SMILES string of the molecule is O=C(CSc1ncc(-c2cccc(Br)c2)o1)Nc1cccc(Cl)c1. The molecule has 0 radical (unpaired) electrons. The molecule has 3 aromatic rings. The third-order valence-electron chi connectivity index (χ3n) is 3.03. The predicted octanol–water partition coefficient (Wildman–Crippen LogP) is 5.49. The summed E-state index contributed by atoms with van der Waals surface area (Å²) >= 11 is 10.5. The molecule has 122 valence electrons. The third-order valence-corrected chi connectivity index (χ3v) is 4.60. The Bertz CT molecular complexity index is 869. The molecular formula is C17H12BrClN2O2S. The molecule has 1 aromatic heterocycles. The molecule has 1 amide bonds. The Labute approximate surface area is 156 Å². The smallest absolute Gasteiger partial charge is 0.256 e. The fraction of sp³-hybridized carbons (Fsp3) is 0.0588. The molecule has 0 aliphatic rings. The van der Waals surface area contributed by atoms with Crippen LogP contribution in [0.2, 0.25) is 5.02 Å². The number of thioether (sulfide) groups is 1. The Morgan fingerprint density at radius 2 is 2.08 bits per heavy atom. The number of amides is 1. The summed E-state index contributed by atoms with van der Waals surface area (Å²) in [5.74, 6) is 0.712. The van der Waals surface area contributed by atoms with Gasteiger partial charge in [-0.3, -0.25) is 4.79 Å². The lowest BCUT2D eigenvalue weighted by molar-refractivity contribution is -0.113. The second-order valence-electron chi connectivity index (χ2n) is 4.85. The van der Waals surface area contributed by atoms with Crippen LogP contribution in [0.1, 0.15) is 0 Å². The molecular weight excluding hydrogens is 412 g/mol. The first kappa shape index (κ1) is 17.1. The lowest BCUT2D eigenvalue weighted by atomic mass is 10.2. The van der Waals surface area contributed by atoms with E-state index in [-0.39, 0.29) is 11.7 Å². The van der Waals surface area contributed by atoms with Crippen molar-refractivity contribution >= 4 is 50.9 Å². The average molecular weight is 424 g/mol. The van der Waals surface area contributed by atoms with Gasteiger partial charge in [-0.2, -0.15) is 0 Å². The van der Waals surface area contributed by atoms with E-state index in [0.29, 0.717) is 21.7 Å². The normalized spacial score (nSPS) is 10.6. The van der Waals surface area contributed by atoms with E-state index < -0.39 is 0 Å². The second kappa shape index (κ2) is 7.88. The van der Waals surface area contributed by atoms with E-state index >= 15 is 0 Å². The molecule has 0 aliphatic heterocycles.